The largest absolute Gasteiger partial charge is 0.329 e. The van der Waals surface area contributed by atoms with Crippen molar-refractivity contribution in [2.45, 2.75) is 6.42 Å². The van der Waals surface area contributed by atoms with Gasteiger partial charge in [-0.15, -0.1) is 0 Å². The van der Waals surface area contributed by atoms with Crippen LogP contribution >= 0.6 is 0 Å². The molecule has 1 saturated heterocycles. The Balaban J connectivity index is 2.27. The molecule has 1 aliphatic rings. The van der Waals surface area contributed by atoms with Crippen molar-refractivity contribution in [3.05, 3.63) is 0 Å². The van der Waals surface area contributed by atoms with E-state index in [1.807, 2.05) is 19.0 Å². The van der Waals surface area contributed by atoms with E-state index in [2.05, 4.69) is 5.32 Å². The number of imide groups is 1. The molecule has 0 aromatic carbocycles. The number of urea groups is 1. The number of carbonyl (C=O) groups is 2. The Morgan fingerprint density at radius 3 is 2.62 bits per heavy atom. The van der Waals surface area contributed by atoms with Crippen molar-refractivity contribution < 1.29 is 9.59 Å². The lowest BCUT2D eigenvalue weighted by molar-refractivity contribution is -0.125. The monoisotopic (exact) mass is 185 g/mol. The molecule has 0 atom stereocenters. The molecule has 5 nitrogen and oxygen atoms in total. The van der Waals surface area contributed by atoms with Crippen molar-refractivity contribution in [3.8, 4) is 0 Å². The highest BCUT2D eigenvalue weighted by Crippen LogP contribution is 2.00. The van der Waals surface area contributed by atoms with Gasteiger partial charge in [0.2, 0.25) is 5.91 Å². The van der Waals surface area contributed by atoms with Gasteiger partial charge in [0.25, 0.3) is 0 Å². The molecule has 1 heterocycles. The Morgan fingerprint density at radius 2 is 2.15 bits per heavy atom. The average Bonchev–Trinajstić information content (AvgIpc) is 2.34. The van der Waals surface area contributed by atoms with Gasteiger partial charge in [-0.05, 0) is 27.1 Å². The molecule has 0 aliphatic carbocycles. The van der Waals surface area contributed by atoms with Crippen LogP contribution in [-0.2, 0) is 4.79 Å². The topological polar surface area (TPSA) is 52.6 Å². The second kappa shape index (κ2) is 4.23. The third-order valence-corrected chi connectivity index (χ3v) is 1.92. The molecule has 1 aliphatic heterocycles. The molecule has 1 fully saturated rings. The van der Waals surface area contributed by atoms with Gasteiger partial charge in [-0.2, -0.15) is 0 Å². The molecule has 5 heteroatoms. The van der Waals surface area contributed by atoms with Crippen LogP contribution in [0.2, 0.25) is 0 Å². The fraction of sp³-hybridized carbons (Fsp3) is 0.750. The third-order valence-electron chi connectivity index (χ3n) is 1.92. The molecule has 1 N–H and O–H groups in total. The summed E-state index contributed by atoms with van der Waals surface area (Å²) in [7, 11) is 3.93. The van der Waals surface area contributed by atoms with Gasteiger partial charge in [0.1, 0.15) is 0 Å². The molecule has 0 spiro atoms. The maximum atomic E-state index is 11.1. The van der Waals surface area contributed by atoms with E-state index in [0.717, 1.165) is 13.0 Å². The van der Waals surface area contributed by atoms with Crippen LogP contribution in [-0.4, -0.2) is 55.5 Å². The highest BCUT2D eigenvalue weighted by atomic mass is 16.2. The van der Waals surface area contributed by atoms with Crippen molar-refractivity contribution >= 4 is 11.9 Å². The van der Waals surface area contributed by atoms with Gasteiger partial charge in [0.15, 0.2) is 0 Å². The molecule has 74 valence electrons. The van der Waals surface area contributed by atoms with E-state index in [0.29, 0.717) is 6.54 Å². The van der Waals surface area contributed by atoms with Crippen LogP contribution < -0.4 is 5.32 Å². The predicted octanol–water partition coefficient (Wildman–Crippen LogP) is -0.510. The zero-order chi connectivity index (χ0) is 9.84. The predicted molar refractivity (Wildman–Crippen MR) is 48.3 cm³/mol. The number of hydrogen-bond acceptors (Lipinski definition) is 3. The normalized spacial score (nSPS) is 17.0. The summed E-state index contributed by atoms with van der Waals surface area (Å²) in [4.78, 5) is 25.4. The molecule has 0 saturated carbocycles. The van der Waals surface area contributed by atoms with Gasteiger partial charge in [0.05, 0.1) is 6.54 Å². The van der Waals surface area contributed by atoms with Crippen molar-refractivity contribution in [1.29, 1.82) is 0 Å². The van der Waals surface area contributed by atoms with Crippen molar-refractivity contribution in [3.63, 3.8) is 0 Å². The molecular formula is C8H15N3O2. The van der Waals surface area contributed by atoms with Crippen LogP contribution in [0.15, 0.2) is 0 Å². The highest BCUT2D eigenvalue weighted by Gasteiger charge is 2.27. The molecule has 0 radical (unpaired) electrons. The van der Waals surface area contributed by atoms with Gasteiger partial charge in [0, 0.05) is 6.54 Å². The SMILES string of the molecule is CN(C)CCCN1C(=O)CNC1=O. The van der Waals surface area contributed by atoms with Crippen LogP contribution in [0.3, 0.4) is 0 Å². The van der Waals surface area contributed by atoms with Crippen LogP contribution in [0.25, 0.3) is 0 Å². The van der Waals surface area contributed by atoms with E-state index in [4.69, 9.17) is 0 Å². The Morgan fingerprint density at radius 1 is 1.46 bits per heavy atom. The standard InChI is InChI=1S/C8H15N3O2/c1-10(2)4-3-5-11-7(12)6-9-8(11)13/h3-6H2,1-2H3,(H,9,13). The summed E-state index contributed by atoms with van der Waals surface area (Å²) in [5.41, 5.74) is 0. The number of carbonyl (C=O) groups excluding carboxylic acids is 2. The quantitative estimate of drug-likeness (QED) is 0.600. The first-order valence-corrected chi connectivity index (χ1v) is 4.34. The summed E-state index contributed by atoms with van der Waals surface area (Å²) >= 11 is 0. The van der Waals surface area contributed by atoms with E-state index < -0.39 is 0 Å². The zero-order valence-electron chi connectivity index (χ0n) is 8.04. The Bertz CT molecular complexity index is 199. The van der Waals surface area contributed by atoms with Gasteiger partial charge < -0.3 is 10.2 Å². The number of hydrogen-bond donors (Lipinski definition) is 1. The molecule has 13 heavy (non-hydrogen) atoms. The van der Waals surface area contributed by atoms with E-state index in [-0.39, 0.29) is 18.5 Å². The Labute approximate surface area is 77.7 Å². The Hall–Kier alpha value is -1.10. The summed E-state index contributed by atoms with van der Waals surface area (Å²) in [6.45, 7) is 1.56. The van der Waals surface area contributed by atoms with E-state index in [9.17, 15) is 9.59 Å². The summed E-state index contributed by atoms with van der Waals surface area (Å²) in [5, 5.41) is 2.48. The first-order chi connectivity index (χ1) is 6.11. The summed E-state index contributed by atoms with van der Waals surface area (Å²) < 4.78 is 0. The second-order valence-electron chi connectivity index (χ2n) is 3.36. The lowest BCUT2D eigenvalue weighted by Gasteiger charge is -2.14. The smallest absolute Gasteiger partial charge is 0.324 e. The lowest BCUT2D eigenvalue weighted by atomic mass is 10.4. The molecular weight excluding hydrogens is 170 g/mol. The van der Waals surface area contributed by atoms with Crippen LogP contribution in [0, 0.1) is 0 Å². The minimum atomic E-state index is -0.260. The lowest BCUT2D eigenvalue weighted by Crippen LogP contribution is -2.33. The van der Waals surface area contributed by atoms with E-state index >= 15 is 0 Å². The van der Waals surface area contributed by atoms with Gasteiger partial charge in [-0.25, -0.2) is 4.79 Å². The third kappa shape index (κ3) is 2.69. The van der Waals surface area contributed by atoms with Crippen molar-refractivity contribution in [1.82, 2.24) is 15.1 Å². The number of nitrogens with one attached hydrogen (secondary N) is 1. The summed E-state index contributed by atoms with van der Waals surface area (Å²) in [5.74, 6) is -0.122. The van der Waals surface area contributed by atoms with E-state index in [1.165, 1.54) is 4.90 Å². The fourth-order valence-electron chi connectivity index (χ4n) is 1.23. The van der Waals surface area contributed by atoms with Crippen LogP contribution in [0.4, 0.5) is 4.79 Å². The summed E-state index contributed by atoms with van der Waals surface area (Å²) in [6, 6.07) is -0.260. The van der Waals surface area contributed by atoms with E-state index in [1.54, 1.807) is 0 Å². The minimum absolute atomic E-state index is 0.122. The van der Waals surface area contributed by atoms with Crippen LogP contribution in [0.1, 0.15) is 6.42 Å². The molecule has 0 bridgehead atoms. The maximum absolute atomic E-state index is 11.1. The molecule has 0 unspecified atom stereocenters. The van der Waals surface area contributed by atoms with Gasteiger partial charge >= 0.3 is 6.03 Å². The summed E-state index contributed by atoms with van der Waals surface area (Å²) in [6.07, 6.45) is 0.826. The first-order valence-electron chi connectivity index (χ1n) is 4.34. The average molecular weight is 185 g/mol. The molecule has 0 aromatic heterocycles. The maximum Gasteiger partial charge on any atom is 0.324 e. The van der Waals surface area contributed by atoms with Crippen molar-refractivity contribution in [2.24, 2.45) is 0 Å². The fourth-order valence-corrected chi connectivity index (χ4v) is 1.23. The molecule has 1 rings (SSSR count). The van der Waals surface area contributed by atoms with Gasteiger partial charge in [-0.3, -0.25) is 9.69 Å². The number of rotatable bonds is 4. The highest BCUT2D eigenvalue weighted by molar-refractivity contribution is 6.01. The minimum Gasteiger partial charge on any atom is -0.329 e. The van der Waals surface area contributed by atoms with Gasteiger partial charge in [-0.1, -0.05) is 0 Å². The van der Waals surface area contributed by atoms with Crippen molar-refractivity contribution in [2.75, 3.05) is 33.7 Å². The zero-order valence-corrected chi connectivity index (χ0v) is 8.04. The number of amides is 3. The molecule has 3 amide bonds. The first kappa shape index (κ1) is 9.98. The van der Waals surface area contributed by atoms with Crippen LogP contribution in [0.5, 0.6) is 0 Å². The Kier molecular flexibility index (Phi) is 3.25. The number of nitrogens with zero attached hydrogens (tertiary/aromatic N) is 2. The molecule has 0 aromatic rings. The second-order valence-corrected chi connectivity index (χ2v) is 3.36.